The van der Waals surface area contributed by atoms with Crippen molar-refractivity contribution in [3.63, 3.8) is 0 Å². The summed E-state index contributed by atoms with van der Waals surface area (Å²) in [5, 5.41) is 51.0. The minimum atomic E-state index is -1.69. The van der Waals surface area contributed by atoms with Crippen molar-refractivity contribution >= 4 is 11.9 Å². The molecule has 1 aromatic carbocycles. The van der Waals surface area contributed by atoms with Crippen LogP contribution in [0.2, 0.25) is 0 Å². The summed E-state index contributed by atoms with van der Waals surface area (Å²) in [4.78, 5) is 25.9. The molecule has 0 amide bonds. The zero-order valence-corrected chi connectivity index (χ0v) is 18.4. The summed E-state index contributed by atoms with van der Waals surface area (Å²) in [6, 6.07) is 8.20. The monoisotopic (exact) mass is 480 g/mol. The molecule has 0 unspecified atom stereocenters. The van der Waals surface area contributed by atoms with E-state index in [0.717, 1.165) is 0 Å². The maximum atomic E-state index is 13.2. The molecule has 11 heteroatoms. The Morgan fingerprint density at radius 1 is 1.09 bits per heavy atom. The Morgan fingerprint density at radius 3 is 2.47 bits per heavy atom. The second-order valence-electron chi connectivity index (χ2n) is 9.76. The lowest BCUT2D eigenvalue weighted by molar-refractivity contribution is -0.394. The van der Waals surface area contributed by atoms with E-state index in [-0.39, 0.29) is 18.4 Å². The minimum Gasteiger partial charge on any atom is -0.461 e. The highest BCUT2D eigenvalue weighted by Crippen LogP contribution is 2.73. The Morgan fingerprint density at radius 2 is 1.79 bits per heavy atom. The molecule has 186 valence electrons. The fraction of sp³-hybridized carbons (Fsp3) is 0.652. The van der Waals surface area contributed by atoms with E-state index in [1.54, 1.807) is 37.3 Å². The number of esters is 2. The van der Waals surface area contributed by atoms with Crippen molar-refractivity contribution in [3.8, 4) is 0 Å². The lowest BCUT2D eigenvalue weighted by Crippen LogP contribution is -2.80. The topological polar surface area (TPSA) is 172 Å². The standard InChI is InChI=1S/C23H28O11/c1-21-8-13(25)12-7-23(21,33-19-17(28)16(27)15(26)14(9-24)32-19)22(12,20(30)34-21)10-31-18(29)11-5-3-2-4-6-11/h2-6,12-17,19,24-28H,7-10H2,1H3/t12-,13-,14-,15-,16+,17-,19+,21-,22-,23+/m1/s1. The number of aliphatic hydroxyl groups excluding tert-OH is 5. The van der Waals surface area contributed by atoms with Crippen LogP contribution in [0.5, 0.6) is 0 Å². The molecular weight excluding hydrogens is 452 g/mol. The predicted octanol–water partition coefficient (Wildman–Crippen LogP) is -1.51. The van der Waals surface area contributed by atoms with Gasteiger partial charge in [-0.25, -0.2) is 4.79 Å². The fourth-order valence-electron chi connectivity index (χ4n) is 6.19. The summed E-state index contributed by atoms with van der Waals surface area (Å²) in [6.07, 6.45) is -8.41. The number of benzene rings is 1. The molecule has 3 aliphatic carbocycles. The third-order valence-corrected chi connectivity index (χ3v) is 8.07. The van der Waals surface area contributed by atoms with Gasteiger partial charge in [0.2, 0.25) is 0 Å². The van der Waals surface area contributed by atoms with Gasteiger partial charge in [-0.15, -0.1) is 0 Å². The molecule has 0 radical (unpaired) electrons. The summed E-state index contributed by atoms with van der Waals surface area (Å²) < 4.78 is 22.9. The van der Waals surface area contributed by atoms with Crippen molar-refractivity contribution in [2.45, 2.75) is 67.8 Å². The van der Waals surface area contributed by atoms with Crippen LogP contribution < -0.4 is 0 Å². The highest BCUT2D eigenvalue weighted by molar-refractivity contribution is 5.90. The van der Waals surface area contributed by atoms with Crippen LogP contribution in [0, 0.1) is 11.3 Å². The van der Waals surface area contributed by atoms with Crippen LogP contribution >= 0.6 is 0 Å². The number of hydrogen-bond donors (Lipinski definition) is 5. The van der Waals surface area contributed by atoms with Crippen molar-refractivity contribution < 1.29 is 54.1 Å². The second kappa shape index (κ2) is 7.95. The summed E-state index contributed by atoms with van der Waals surface area (Å²) >= 11 is 0. The van der Waals surface area contributed by atoms with Crippen LogP contribution in [-0.4, -0.2) is 98.7 Å². The van der Waals surface area contributed by atoms with E-state index in [2.05, 4.69) is 0 Å². The molecule has 5 N–H and O–H groups in total. The third kappa shape index (κ3) is 2.95. The van der Waals surface area contributed by atoms with Crippen LogP contribution in [0.4, 0.5) is 0 Å². The molecule has 4 bridgehead atoms. The first-order valence-electron chi connectivity index (χ1n) is 11.2. The summed E-state index contributed by atoms with van der Waals surface area (Å²) in [5.74, 6) is -2.00. The van der Waals surface area contributed by atoms with E-state index in [0.29, 0.717) is 0 Å². The maximum absolute atomic E-state index is 13.2. The van der Waals surface area contributed by atoms with Crippen LogP contribution in [-0.2, 0) is 23.7 Å². The molecule has 1 aromatic rings. The molecule has 2 heterocycles. The average Bonchev–Trinajstić information content (AvgIpc) is 2.88. The maximum Gasteiger partial charge on any atom is 0.338 e. The number of ether oxygens (including phenoxy) is 4. The van der Waals surface area contributed by atoms with E-state index >= 15 is 0 Å². The zero-order valence-electron chi connectivity index (χ0n) is 18.4. The highest BCUT2D eigenvalue weighted by Gasteiger charge is 2.88. The number of aliphatic hydroxyl groups is 5. The summed E-state index contributed by atoms with van der Waals surface area (Å²) in [5.41, 5.74) is -4.08. The van der Waals surface area contributed by atoms with Gasteiger partial charge in [0, 0.05) is 12.3 Å². The lowest BCUT2D eigenvalue weighted by atomic mass is 9.40. The second-order valence-corrected chi connectivity index (χ2v) is 9.76. The van der Waals surface area contributed by atoms with Crippen molar-refractivity contribution in [2.24, 2.45) is 11.3 Å². The summed E-state index contributed by atoms with van der Waals surface area (Å²) in [7, 11) is 0. The van der Waals surface area contributed by atoms with Crippen LogP contribution in [0.3, 0.4) is 0 Å². The van der Waals surface area contributed by atoms with Gasteiger partial charge < -0.3 is 44.5 Å². The Labute approximate surface area is 194 Å². The van der Waals surface area contributed by atoms with Crippen LogP contribution in [0.15, 0.2) is 30.3 Å². The lowest BCUT2D eigenvalue weighted by Gasteiger charge is -2.66. The van der Waals surface area contributed by atoms with Gasteiger partial charge in [0.25, 0.3) is 0 Å². The first-order chi connectivity index (χ1) is 16.1. The van der Waals surface area contributed by atoms with Gasteiger partial charge in [-0.1, -0.05) is 18.2 Å². The SMILES string of the molecule is C[C@@]12C[C@@H](O)[C@H]3C[C@@]1(O[C@@H]1O[C@H](CO)[C@@H](O)[C@H](O)[C@H]1O)[C@@]3(COC(=O)c1ccccc1)C(=O)O2. The van der Waals surface area contributed by atoms with Gasteiger partial charge in [0.15, 0.2) is 6.29 Å². The molecule has 0 spiro atoms. The number of carbonyl (C=O) groups excluding carboxylic acids is 2. The van der Waals surface area contributed by atoms with Crippen molar-refractivity contribution in [1.29, 1.82) is 0 Å². The van der Waals surface area contributed by atoms with Crippen molar-refractivity contribution in [1.82, 2.24) is 0 Å². The van der Waals surface area contributed by atoms with E-state index in [9.17, 15) is 35.1 Å². The van der Waals surface area contributed by atoms with Gasteiger partial charge in [0.05, 0.1) is 18.3 Å². The Bertz CT molecular complexity index is 969. The van der Waals surface area contributed by atoms with Gasteiger partial charge in [-0.2, -0.15) is 0 Å². The van der Waals surface area contributed by atoms with Crippen LogP contribution in [0.1, 0.15) is 30.1 Å². The van der Waals surface area contributed by atoms with E-state index < -0.39 is 84.5 Å². The van der Waals surface area contributed by atoms with Gasteiger partial charge in [-0.3, -0.25) is 4.79 Å². The van der Waals surface area contributed by atoms with Gasteiger partial charge in [0.1, 0.15) is 47.6 Å². The summed E-state index contributed by atoms with van der Waals surface area (Å²) in [6.45, 7) is 0.508. The minimum absolute atomic E-state index is 0.0508. The molecule has 2 saturated heterocycles. The normalized spacial score (nSPS) is 47.0. The number of fused-ring (bicyclic) bond motifs is 1. The van der Waals surface area contributed by atoms with Gasteiger partial charge in [-0.05, 0) is 25.5 Å². The number of hydrogen-bond acceptors (Lipinski definition) is 11. The molecule has 3 saturated carbocycles. The molecule has 10 atom stereocenters. The quantitative estimate of drug-likeness (QED) is 0.300. The molecule has 5 fully saturated rings. The van der Waals surface area contributed by atoms with E-state index in [1.165, 1.54) is 0 Å². The van der Waals surface area contributed by atoms with E-state index in [4.69, 9.17) is 18.9 Å². The number of carbonyl (C=O) groups is 2. The molecule has 11 nitrogen and oxygen atoms in total. The number of rotatable bonds is 6. The first-order valence-corrected chi connectivity index (χ1v) is 11.2. The van der Waals surface area contributed by atoms with Crippen molar-refractivity contribution in [3.05, 3.63) is 35.9 Å². The Hall–Kier alpha value is -2.12. The molecule has 0 aromatic heterocycles. The highest BCUT2D eigenvalue weighted by atomic mass is 16.7. The average molecular weight is 480 g/mol. The van der Waals surface area contributed by atoms with Crippen molar-refractivity contribution in [2.75, 3.05) is 13.2 Å². The van der Waals surface area contributed by atoms with Crippen LogP contribution in [0.25, 0.3) is 0 Å². The third-order valence-electron chi connectivity index (χ3n) is 8.07. The largest absolute Gasteiger partial charge is 0.461 e. The molecule has 2 aliphatic heterocycles. The Balaban J connectivity index is 1.46. The fourth-order valence-corrected chi connectivity index (χ4v) is 6.19. The van der Waals surface area contributed by atoms with Gasteiger partial charge >= 0.3 is 11.9 Å². The Kier molecular flexibility index (Phi) is 5.52. The first kappa shape index (κ1) is 23.6. The predicted molar refractivity (Wildman–Crippen MR) is 110 cm³/mol. The van der Waals surface area contributed by atoms with E-state index in [1.807, 2.05) is 0 Å². The molecule has 5 aliphatic rings. The molecular formula is C23H28O11. The zero-order chi connectivity index (χ0) is 24.5. The molecule has 34 heavy (non-hydrogen) atoms. The smallest absolute Gasteiger partial charge is 0.338 e. The molecule has 6 rings (SSSR count).